The molecule has 0 saturated heterocycles. The van der Waals surface area contributed by atoms with Crippen molar-refractivity contribution in [2.75, 3.05) is 0 Å². The normalized spacial score (nSPS) is 23.1. The fraction of sp³-hybridized carbons (Fsp3) is 0.357. The fourth-order valence-corrected chi connectivity index (χ4v) is 2.92. The Labute approximate surface area is 115 Å². The molecule has 1 aliphatic carbocycles. The number of rotatable bonds is 4. The summed E-state index contributed by atoms with van der Waals surface area (Å²) in [6, 6.07) is 6.31. The molecule has 1 aliphatic rings. The molecule has 2 atom stereocenters. The molecule has 0 unspecified atom stereocenters. The van der Waals surface area contributed by atoms with Gasteiger partial charge in [-0.1, -0.05) is 29.8 Å². The Hall–Kier alpha value is -1.62. The zero-order chi connectivity index (χ0) is 14.8. The average Bonchev–Trinajstić information content (AvgIpc) is 2.74. The molecule has 0 saturated carbocycles. The monoisotopic (exact) mass is 280 g/mol. The van der Waals surface area contributed by atoms with Gasteiger partial charge in [-0.05, 0) is 37.8 Å². The first-order valence-electron chi connectivity index (χ1n) is 6.67. The van der Waals surface area contributed by atoms with Gasteiger partial charge in [0.05, 0.1) is 4.90 Å². The molecule has 1 aromatic carbocycles. The van der Waals surface area contributed by atoms with Crippen LogP contribution in [-0.4, -0.2) is 14.3 Å². The Morgan fingerprint density at radius 2 is 2.11 bits per heavy atom. The molecule has 0 aromatic heterocycles. The average molecular weight is 280 g/mol. The summed E-state index contributed by atoms with van der Waals surface area (Å²) in [6.45, 7) is 1.86. The molecule has 2 rings (SSSR count). The van der Waals surface area contributed by atoms with Crippen LogP contribution in [-0.2, 0) is 14.8 Å². The van der Waals surface area contributed by atoms with Crippen molar-refractivity contribution in [2.45, 2.75) is 31.1 Å². The zero-order valence-electron chi connectivity index (χ0n) is 11.7. The molecule has 0 fully saturated rings. The first kappa shape index (κ1) is 12.4. The van der Waals surface area contributed by atoms with Gasteiger partial charge in [0.25, 0.3) is 10.0 Å². The highest BCUT2D eigenvalue weighted by Gasteiger charge is 2.20. The minimum Gasteiger partial charge on any atom is -0.274 e. The van der Waals surface area contributed by atoms with E-state index in [1.807, 2.05) is 6.92 Å². The maximum absolute atomic E-state index is 12.0. The summed E-state index contributed by atoms with van der Waals surface area (Å²) in [5, 5.41) is 0. The predicted molar refractivity (Wildman–Crippen MR) is 73.0 cm³/mol. The lowest BCUT2D eigenvalue weighted by Gasteiger charge is -2.09. The van der Waals surface area contributed by atoms with Crippen LogP contribution in [0.25, 0.3) is 0 Å². The number of benzene rings is 1. The second-order valence-corrected chi connectivity index (χ2v) is 6.34. The number of nitrogens with one attached hydrogen (secondary N) is 1. The summed E-state index contributed by atoms with van der Waals surface area (Å²) in [5.41, 5.74) is 0.952. The number of hydrogen-bond acceptors (Lipinski definition) is 3. The molecule has 4 nitrogen and oxygen atoms in total. The summed E-state index contributed by atoms with van der Waals surface area (Å²) < 4.78 is 33.6. The van der Waals surface area contributed by atoms with E-state index in [-0.39, 0.29) is 23.6 Å². The molecule has 0 spiro atoms. The Morgan fingerprint density at radius 3 is 2.68 bits per heavy atom. The van der Waals surface area contributed by atoms with E-state index in [2.05, 4.69) is 4.72 Å². The minimum absolute atomic E-state index is 0.0503. The van der Waals surface area contributed by atoms with Gasteiger partial charge in [-0.2, -0.15) is 0 Å². The van der Waals surface area contributed by atoms with Crippen LogP contribution in [0, 0.1) is 12.8 Å². The number of amides is 1. The molecule has 0 heterocycles. The summed E-state index contributed by atoms with van der Waals surface area (Å²) in [6.07, 6.45) is 3.90. The molecular weight excluding hydrogens is 262 g/mol. The Morgan fingerprint density at radius 1 is 1.42 bits per heavy atom. The highest BCUT2D eigenvalue weighted by molar-refractivity contribution is 7.90. The van der Waals surface area contributed by atoms with Gasteiger partial charge in [-0.3, -0.25) is 4.79 Å². The molecule has 1 amide bonds. The Kier molecular flexibility index (Phi) is 3.64. The van der Waals surface area contributed by atoms with E-state index in [0.29, 0.717) is 6.42 Å². The van der Waals surface area contributed by atoms with E-state index in [9.17, 15) is 13.2 Å². The van der Waals surface area contributed by atoms with Gasteiger partial charge >= 0.3 is 0 Å². The second kappa shape index (κ2) is 5.57. The van der Waals surface area contributed by atoms with Crippen LogP contribution < -0.4 is 4.72 Å². The smallest absolute Gasteiger partial charge is 0.264 e. The highest BCUT2D eigenvalue weighted by atomic mass is 32.2. The third-order valence-electron chi connectivity index (χ3n) is 2.99. The van der Waals surface area contributed by atoms with Gasteiger partial charge in [0.15, 0.2) is 0 Å². The van der Waals surface area contributed by atoms with Gasteiger partial charge in [0, 0.05) is 7.79 Å². The largest absolute Gasteiger partial charge is 0.274 e. The lowest BCUT2D eigenvalue weighted by atomic mass is 10.1. The van der Waals surface area contributed by atoms with Crippen molar-refractivity contribution in [1.29, 1.82) is 0 Å². The molecule has 19 heavy (non-hydrogen) atoms. The van der Waals surface area contributed by atoms with Gasteiger partial charge in [-0.15, -0.1) is 0 Å². The topological polar surface area (TPSA) is 63.2 Å². The first-order chi connectivity index (χ1) is 9.37. The number of carbonyl (C=O) groups excluding carboxylic acids is 1. The maximum atomic E-state index is 12.0. The first-order valence-corrected chi connectivity index (χ1v) is 7.58. The quantitative estimate of drug-likeness (QED) is 0.860. The minimum atomic E-state index is -3.80. The van der Waals surface area contributed by atoms with Crippen LogP contribution in [0.15, 0.2) is 41.3 Å². The van der Waals surface area contributed by atoms with Crippen LogP contribution in [0.2, 0.25) is 0 Å². The van der Waals surface area contributed by atoms with Gasteiger partial charge in [-0.25, -0.2) is 13.1 Å². The van der Waals surface area contributed by atoms with Crippen LogP contribution in [0.5, 0.6) is 0 Å². The van der Waals surface area contributed by atoms with Gasteiger partial charge in [0.2, 0.25) is 5.91 Å². The molecular formula is C14H17NO3S. The summed E-state index contributed by atoms with van der Waals surface area (Å²) in [4.78, 5) is 11.9. The van der Waals surface area contributed by atoms with Crippen molar-refractivity contribution in [2.24, 2.45) is 5.92 Å². The Bertz CT molecular complexity index is 622. The summed E-state index contributed by atoms with van der Waals surface area (Å²) in [5.74, 6) is -0.583. The molecule has 5 heteroatoms. The van der Waals surface area contributed by atoms with E-state index in [1.165, 1.54) is 12.1 Å². The number of hydrogen-bond donors (Lipinski definition) is 1. The van der Waals surface area contributed by atoms with Crippen molar-refractivity contribution < 1.29 is 14.6 Å². The zero-order valence-corrected chi connectivity index (χ0v) is 11.5. The number of carbonyl (C=O) groups is 1. The second-order valence-electron chi connectivity index (χ2n) is 4.66. The lowest BCUT2D eigenvalue weighted by molar-refractivity contribution is -0.119. The van der Waals surface area contributed by atoms with E-state index in [0.717, 1.165) is 5.56 Å². The van der Waals surface area contributed by atoms with Gasteiger partial charge in [0.1, 0.15) is 0 Å². The summed E-state index contributed by atoms with van der Waals surface area (Å²) >= 11 is 0. The predicted octanol–water partition coefficient (Wildman–Crippen LogP) is 2.16. The van der Waals surface area contributed by atoms with Crippen LogP contribution in [0.1, 0.15) is 26.2 Å². The lowest BCUT2D eigenvalue weighted by Crippen LogP contribution is -2.31. The van der Waals surface area contributed by atoms with E-state index >= 15 is 0 Å². The fourth-order valence-electron chi connectivity index (χ4n) is 1.93. The van der Waals surface area contributed by atoms with Crippen molar-refractivity contribution in [1.82, 2.24) is 4.72 Å². The number of sulfonamides is 1. The molecule has 1 N–H and O–H groups in total. The van der Waals surface area contributed by atoms with Crippen molar-refractivity contribution >= 4 is 15.9 Å². The third kappa shape index (κ3) is 3.67. The third-order valence-corrected chi connectivity index (χ3v) is 4.37. The molecule has 1 aromatic rings. The van der Waals surface area contributed by atoms with Crippen LogP contribution >= 0.6 is 0 Å². The van der Waals surface area contributed by atoms with E-state index in [4.69, 9.17) is 1.37 Å². The van der Waals surface area contributed by atoms with E-state index < -0.39 is 15.9 Å². The van der Waals surface area contributed by atoms with Crippen molar-refractivity contribution in [3.63, 3.8) is 0 Å². The van der Waals surface area contributed by atoms with E-state index in [1.54, 1.807) is 24.3 Å². The SMILES string of the molecule is [2H][C@@H]1C=C[C@@H](CC(=O)NS(=O)(=O)c2ccc(C)cc2)C1. The van der Waals surface area contributed by atoms with Crippen LogP contribution in [0.3, 0.4) is 0 Å². The molecule has 0 aliphatic heterocycles. The number of aryl methyl sites for hydroxylation is 1. The summed E-state index contributed by atoms with van der Waals surface area (Å²) in [7, 11) is -3.80. The molecule has 0 radical (unpaired) electrons. The molecule has 0 bridgehead atoms. The molecule has 102 valence electrons. The van der Waals surface area contributed by atoms with Crippen molar-refractivity contribution in [3.05, 3.63) is 42.0 Å². The highest BCUT2D eigenvalue weighted by Crippen LogP contribution is 2.20. The van der Waals surface area contributed by atoms with Gasteiger partial charge < -0.3 is 0 Å². The number of allylic oxidation sites excluding steroid dienone is 2. The van der Waals surface area contributed by atoms with Crippen molar-refractivity contribution in [3.8, 4) is 0 Å². The standard InChI is InChI=1S/C14H17NO3S/c1-11-6-8-13(9-7-11)19(17,18)15-14(16)10-12-4-2-3-5-12/h2,4,6-9,12H,3,5,10H2,1H3,(H,15,16)/t12-/m1/s1/i3D/t3-,12-. The Balaban J connectivity index is 1.99. The van der Waals surface area contributed by atoms with Crippen LogP contribution in [0.4, 0.5) is 0 Å². The maximum Gasteiger partial charge on any atom is 0.264 e.